The van der Waals surface area contributed by atoms with E-state index >= 15 is 0 Å². The van der Waals surface area contributed by atoms with Crippen LogP contribution in [0.5, 0.6) is 5.75 Å². The van der Waals surface area contributed by atoms with E-state index in [9.17, 15) is 4.79 Å². The van der Waals surface area contributed by atoms with Gasteiger partial charge >= 0.3 is 0 Å². The van der Waals surface area contributed by atoms with Crippen molar-refractivity contribution in [3.8, 4) is 5.75 Å². The third-order valence-electron chi connectivity index (χ3n) is 5.54. The van der Waals surface area contributed by atoms with Crippen molar-refractivity contribution in [3.05, 3.63) is 65.7 Å². The second-order valence-electron chi connectivity index (χ2n) is 7.75. The smallest absolute Gasteiger partial charge is 0.291 e. The standard InChI is InChI=1S/C24H29N5O3/c1-3-11-28(12-9-25)21-8-10-26-14-20(21)27-24(30)22-6-7-23(32-22)29-15-17-4-5-19(31-2)13-18(17)16-29/h4-8,10,13-14H,3,9,11-12,15-16,25H2,1-2H3,(H,27,30). The monoisotopic (exact) mass is 435 g/mol. The van der Waals surface area contributed by atoms with Gasteiger partial charge in [0.1, 0.15) is 5.75 Å². The highest BCUT2D eigenvalue weighted by Gasteiger charge is 2.23. The number of methoxy groups -OCH3 is 1. The van der Waals surface area contributed by atoms with Gasteiger partial charge in [0, 0.05) is 45.0 Å². The van der Waals surface area contributed by atoms with Crippen molar-refractivity contribution in [2.24, 2.45) is 5.73 Å². The molecule has 3 N–H and O–H groups in total. The van der Waals surface area contributed by atoms with Crippen LogP contribution in [-0.4, -0.2) is 37.6 Å². The van der Waals surface area contributed by atoms with E-state index in [0.29, 0.717) is 31.2 Å². The summed E-state index contributed by atoms with van der Waals surface area (Å²) in [5.41, 5.74) is 9.74. The van der Waals surface area contributed by atoms with Crippen molar-refractivity contribution in [2.75, 3.05) is 41.9 Å². The Balaban J connectivity index is 1.47. The first-order valence-corrected chi connectivity index (χ1v) is 10.8. The van der Waals surface area contributed by atoms with Crippen LogP contribution in [-0.2, 0) is 13.1 Å². The lowest BCUT2D eigenvalue weighted by atomic mass is 10.1. The lowest BCUT2D eigenvalue weighted by molar-refractivity contribution is 0.0997. The molecule has 1 aliphatic heterocycles. The average Bonchev–Trinajstić information content (AvgIpc) is 3.46. The predicted octanol–water partition coefficient (Wildman–Crippen LogP) is 3.63. The van der Waals surface area contributed by atoms with Crippen molar-refractivity contribution in [3.63, 3.8) is 0 Å². The summed E-state index contributed by atoms with van der Waals surface area (Å²) in [6.45, 7) is 5.62. The normalized spacial score (nSPS) is 12.5. The topological polar surface area (TPSA) is 96.9 Å². The summed E-state index contributed by atoms with van der Waals surface area (Å²) in [5.74, 6) is 1.44. The van der Waals surface area contributed by atoms with Crippen LogP contribution in [0, 0.1) is 0 Å². The van der Waals surface area contributed by atoms with Crippen molar-refractivity contribution in [2.45, 2.75) is 26.4 Å². The molecule has 0 saturated heterocycles. The molecule has 0 unspecified atom stereocenters. The van der Waals surface area contributed by atoms with Gasteiger partial charge in [-0.3, -0.25) is 9.78 Å². The van der Waals surface area contributed by atoms with Crippen molar-refractivity contribution < 1.29 is 13.9 Å². The number of furan rings is 1. The Bertz CT molecular complexity index is 1080. The van der Waals surface area contributed by atoms with E-state index in [2.05, 4.69) is 33.1 Å². The van der Waals surface area contributed by atoms with E-state index < -0.39 is 0 Å². The number of carbonyl (C=O) groups excluding carboxylic acids is 1. The summed E-state index contributed by atoms with van der Waals surface area (Å²) in [5, 5.41) is 2.95. The minimum absolute atomic E-state index is 0.254. The van der Waals surface area contributed by atoms with Crippen molar-refractivity contribution in [1.29, 1.82) is 0 Å². The maximum Gasteiger partial charge on any atom is 0.291 e. The quantitative estimate of drug-likeness (QED) is 0.530. The minimum atomic E-state index is -0.312. The highest BCUT2D eigenvalue weighted by Crippen LogP contribution is 2.32. The lowest BCUT2D eigenvalue weighted by Crippen LogP contribution is -2.31. The van der Waals surface area contributed by atoms with Gasteiger partial charge in [-0.25, -0.2) is 0 Å². The van der Waals surface area contributed by atoms with Crippen LogP contribution in [0.4, 0.5) is 17.3 Å². The van der Waals surface area contributed by atoms with Crippen LogP contribution in [0.15, 0.2) is 53.2 Å². The first-order valence-electron chi connectivity index (χ1n) is 10.8. The van der Waals surface area contributed by atoms with E-state index in [4.69, 9.17) is 14.9 Å². The summed E-state index contributed by atoms with van der Waals surface area (Å²) >= 11 is 0. The predicted molar refractivity (Wildman–Crippen MR) is 125 cm³/mol. The number of hydrogen-bond acceptors (Lipinski definition) is 7. The fourth-order valence-corrected chi connectivity index (χ4v) is 3.99. The Hall–Kier alpha value is -3.52. The zero-order valence-electron chi connectivity index (χ0n) is 18.5. The Morgan fingerprint density at radius 3 is 2.84 bits per heavy atom. The molecule has 1 aliphatic rings. The van der Waals surface area contributed by atoms with Gasteiger partial charge in [0.15, 0.2) is 11.6 Å². The number of anilines is 3. The first-order chi connectivity index (χ1) is 15.6. The Kier molecular flexibility index (Phi) is 6.61. The zero-order valence-corrected chi connectivity index (χ0v) is 18.5. The largest absolute Gasteiger partial charge is 0.497 e. The van der Waals surface area contributed by atoms with Crippen molar-refractivity contribution >= 4 is 23.2 Å². The molecule has 32 heavy (non-hydrogen) atoms. The molecule has 0 atom stereocenters. The van der Waals surface area contributed by atoms with Crippen LogP contribution in [0.3, 0.4) is 0 Å². The molecule has 0 spiro atoms. The van der Waals surface area contributed by atoms with Gasteiger partial charge < -0.3 is 30.0 Å². The number of nitrogens with one attached hydrogen (secondary N) is 1. The van der Waals surface area contributed by atoms with Crippen LogP contribution >= 0.6 is 0 Å². The number of rotatable bonds is 9. The van der Waals surface area contributed by atoms with Gasteiger partial charge in [-0.1, -0.05) is 13.0 Å². The minimum Gasteiger partial charge on any atom is -0.497 e. The van der Waals surface area contributed by atoms with E-state index in [-0.39, 0.29) is 11.7 Å². The molecule has 8 nitrogen and oxygen atoms in total. The number of benzene rings is 1. The molecule has 3 aromatic rings. The maximum absolute atomic E-state index is 12.9. The maximum atomic E-state index is 12.9. The van der Waals surface area contributed by atoms with E-state index in [0.717, 1.165) is 30.9 Å². The SMILES string of the molecule is CCCN(CCN)c1ccncc1NC(=O)c1ccc(N2Cc3ccc(OC)cc3C2)o1. The highest BCUT2D eigenvalue weighted by molar-refractivity contribution is 6.04. The molecule has 3 heterocycles. The van der Waals surface area contributed by atoms with Gasteiger partial charge in [0.25, 0.3) is 5.91 Å². The van der Waals surface area contributed by atoms with Gasteiger partial charge in [-0.15, -0.1) is 0 Å². The van der Waals surface area contributed by atoms with Gasteiger partial charge in [-0.2, -0.15) is 0 Å². The molecular formula is C24H29N5O3. The fourth-order valence-electron chi connectivity index (χ4n) is 3.99. The molecule has 2 aromatic heterocycles. The highest BCUT2D eigenvalue weighted by atomic mass is 16.5. The third-order valence-corrected chi connectivity index (χ3v) is 5.54. The van der Waals surface area contributed by atoms with Crippen LogP contribution in [0.1, 0.15) is 35.0 Å². The molecule has 1 aromatic carbocycles. The number of nitrogens with two attached hydrogens (primary N) is 1. The van der Waals surface area contributed by atoms with Crippen LogP contribution in [0.2, 0.25) is 0 Å². The fraction of sp³-hybridized carbons (Fsp3) is 0.333. The van der Waals surface area contributed by atoms with E-state index in [1.807, 2.05) is 24.3 Å². The summed E-state index contributed by atoms with van der Waals surface area (Å²) in [7, 11) is 1.66. The molecule has 1 amide bonds. The molecule has 168 valence electrons. The zero-order chi connectivity index (χ0) is 22.5. The second kappa shape index (κ2) is 9.74. The number of pyridine rings is 1. The number of nitrogens with zero attached hydrogens (tertiary/aromatic N) is 3. The van der Waals surface area contributed by atoms with Crippen LogP contribution < -0.4 is 25.6 Å². The second-order valence-corrected chi connectivity index (χ2v) is 7.75. The molecule has 4 rings (SSSR count). The average molecular weight is 436 g/mol. The van der Waals surface area contributed by atoms with E-state index in [1.54, 1.807) is 25.6 Å². The van der Waals surface area contributed by atoms with Gasteiger partial charge in [0.2, 0.25) is 0 Å². The van der Waals surface area contributed by atoms with Gasteiger partial charge in [-0.05, 0) is 41.8 Å². The van der Waals surface area contributed by atoms with Crippen LogP contribution in [0.25, 0.3) is 0 Å². The number of ether oxygens (including phenoxy) is 1. The first kappa shape index (κ1) is 21.7. The summed E-state index contributed by atoms with van der Waals surface area (Å²) < 4.78 is 11.2. The van der Waals surface area contributed by atoms with Gasteiger partial charge in [0.05, 0.1) is 24.7 Å². The molecule has 0 aliphatic carbocycles. The lowest BCUT2D eigenvalue weighted by Gasteiger charge is -2.25. The molecule has 8 heteroatoms. The third kappa shape index (κ3) is 4.55. The number of hydrogen-bond donors (Lipinski definition) is 2. The number of aromatic nitrogens is 1. The number of fused-ring (bicyclic) bond motifs is 1. The summed E-state index contributed by atoms with van der Waals surface area (Å²) in [4.78, 5) is 21.4. The Labute approximate surface area is 188 Å². The number of carbonyl (C=O) groups is 1. The van der Waals surface area contributed by atoms with E-state index in [1.165, 1.54) is 11.1 Å². The molecule has 0 fully saturated rings. The summed E-state index contributed by atoms with van der Waals surface area (Å²) in [6, 6.07) is 11.5. The molecular weight excluding hydrogens is 406 g/mol. The van der Waals surface area contributed by atoms with Crippen molar-refractivity contribution in [1.82, 2.24) is 4.98 Å². The molecule has 0 radical (unpaired) electrons. The number of amides is 1. The molecule has 0 saturated carbocycles. The Morgan fingerprint density at radius 2 is 2.06 bits per heavy atom. The Morgan fingerprint density at radius 1 is 1.22 bits per heavy atom. The summed E-state index contributed by atoms with van der Waals surface area (Å²) in [6.07, 6.45) is 4.34. The molecule has 0 bridgehead atoms.